The Morgan fingerprint density at radius 2 is 1.77 bits per heavy atom. The Morgan fingerprint density at radius 3 is 2.29 bits per heavy atom. The number of amides is 1. The minimum atomic E-state index is -3.61. The lowest BCUT2D eigenvalue weighted by Gasteiger charge is -2.14. The molecule has 1 atom stereocenters. The number of carbonyl (C=O) groups excluding carboxylic acids is 2. The molecule has 8 nitrogen and oxygen atoms in total. The number of carbonyl (C=O) groups is 2. The minimum absolute atomic E-state index is 0.102. The van der Waals surface area contributed by atoms with Crippen molar-refractivity contribution < 1.29 is 18.0 Å². The van der Waals surface area contributed by atoms with Gasteiger partial charge in [-0.2, -0.15) is 5.26 Å². The van der Waals surface area contributed by atoms with E-state index in [-0.39, 0.29) is 28.2 Å². The van der Waals surface area contributed by atoms with Gasteiger partial charge < -0.3 is 5.32 Å². The number of hydrogen-bond acceptors (Lipinski definition) is 7. The zero-order valence-corrected chi connectivity index (χ0v) is 19.5. The monoisotopic (exact) mass is 460 g/mol. The number of anilines is 1. The van der Waals surface area contributed by atoms with E-state index in [1.165, 1.54) is 37.3 Å². The molecule has 0 saturated carbocycles. The van der Waals surface area contributed by atoms with Crippen LogP contribution >= 0.6 is 11.8 Å². The van der Waals surface area contributed by atoms with Crippen molar-refractivity contribution in [2.24, 2.45) is 0 Å². The molecule has 31 heavy (non-hydrogen) atoms. The molecular formula is C21H24N4O4S2. The first-order chi connectivity index (χ1) is 14.4. The fraction of sp³-hybridized carbons (Fsp3) is 0.333. The number of aromatic nitrogens is 1. The zero-order chi connectivity index (χ0) is 23.3. The first-order valence-electron chi connectivity index (χ1n) is 9.47. The second-order valence-corrected chi connectivity index (χ2v) is 10.2. The summed E-state index contributed by atoms with van der Waals surface area (Å²) >= 11 is 1.11. The molecule has 10 heteroatoms. The van der Waals surface area contributed by atoms with Crippen molar-refractivity contribution in [3.05, 3.63) is 47.2 Å². The molecule has 0 bridgehead atoms. The summed E-state index contributed by atoms with van der Waals surface area (Å²) in [7, 11) is -3.61. The molecule has 1 unspecified atom stereocenters. The van der Waals surface area contributed by atoms with Gasteiger partial charge in [0.2, 0.25) is 15.9 Å². The highest BCUT2D eigenvalue weighted by atomic mass is 32.2. The van der Waals surface area contributed by atoms with Gasteiger partial charge in [0.15, 0.2) is 5.78 Å². The maximum Gasteiger partial charge on any atom is 0.240 e. The molecular weight excluding hydrogens is 436 g/mol. The van der Waals surface area contributed by atoms with Crippen LogP contribution in [0.1, 0.15) is 49.3 Å². The van der Waals surface area contributed by atoms with E-state index >= 15 is 0 Å². The zero-order valence-electron chi connectivity index (χ0n) is 17.9. The average molecular weight is 461 g/mol. The predicted molar refractivity (Wildman–Crippen MR) is 120 cm³/mol. The lowest BCUT2D eigenvalue weighted by Crippen LogP contribution is -2.30. The molecule has 2 rings (SSSR count). The van der Waals surface area contributed by atoms with Crippen molar-refractivity contribution in [1.82, 2.24) is 9.71 Å². The molecule has 0 fully saturated rings. The second-order valence-electron chi connectivity index (χ2n) is 7.19. The number of aryl methyl sites for hydroxylation is 1. The summed E-state index contributed by atoms with van der Waals surface area (Å²) in [5.41, 5.74) is 1.54. The van der Waals surface area contributed by atoms with Crippen molar-refractivity contribution in [1.29, 1.82) is 5.26 Å². The summed E-state index contributed by atoms with van der Waals surface area (Å²) < 4.78 is 26.9. The van der Waals surface area contributed by atoms with E-state index in [9.17, 15) is 23.3 Å². The number of sulfonamides is 1. The van der Waals surface area contributed by atoms with E-state index in [2.05, 4.69) is 15.0 Å². The summed E-state index contributed by atoms with van der Waals surface area (Å²) in [5, 5.41) is 11.9. The number of hydrogen-bond donors (Lipinski definition) is 2. The third kappa shape index (κ3) is 6.37. The molecule has 2 N–H and O–H groups in total. The summed E-state index contributed by atoms with van der Waals surface area (Å²) in [5.74, 6) is -0.516. The summed E-state index contributed by atoms with van der Waals surface area (Å²) in [6.45, 7) is 8.21. The molecule has 0 spiro atoms. The van der Waals surface area contributed by atoms with E-state index < -0.39 is 15.3 Å². The smallest absolute Gasteiger partial charge is 0.240 e. The van der Waals surface area contributed by atoms with Crippen molar-refractivity contribution in [2.75, 3.05) is 5.32 Å². The van der Waals surface area contributed by atoms with Gasteiger partial charge in [-0.1, -0.05) is 11.8 Å². The SMILES string of the molecule is CC(=O)c1cc(C#N)c(SC(C)C(=O)Nc2ccc(S(=O)(=O)NC(C)C)cc2)nc1C. The van der Waals surface area contributed by atoms with E-state index in [1.54, 1.807) is 27.7 Å². The van der Waals surface area contributed by atoms with Crippen molar-refractivity contribution >= 4 is 39.2 Å². The molecule has 1 aromatic carbocycles. The second kappa shape index (κ2) is 10.0. The largest absolute Gasteiger partial charge is 0.325 e. The van der Waals surface area contributed by atoms with Crippen LogP contribution < -0.4 is 10.0 Å². The quantitative estimate of drug-likeness (QED) is 0.457. The van der Waals surface area contributed by atoms with Crippen molar-refractivity contribution in [2.45, 2.75) is 55.8 Å². The molecule has 164 valence electrons. The van der Waals surface area contributed by atoms with Gasteiger partial charge >= 0.3 is 0 Å². The molecule has 0 saturated heterocycles. The maximum absolute atomic E-state index is 12.6. The number of nitriles is 1. The number of nitrogens with one attached hydrogen (secondary N) is 2. The van der Waals surface area contributed by atoms with Gasteiger partial charge in [-0.3, -0.25) is 9.59 Å². The van der Waals surface area contributed by atoms with Gasteiger partial charge in [0.25, 0.3) is 0 Å². The Kier molecular flexibility index (Phi) is 7.95. The number of Topliss-reactive ketones (excluding diaryl/α,β-unsaturated/α-hetero) is 1. The molecule has 0 aliphatic carbocycles. The molecule has 0 aliphatic rings. The Bertz CT molecular complexity index is 1140. The number of nitrogens with zero attached hydrogens (tertiary/aromatic N) is 2. The summed E-state index contributed by atoms with van der Waals surface area (Å²) in [4.78, 5) is 28.7. The molecule has 0 radical (unpaired) electrons. The Balaban J connectivity index is 2.12. The predicted octanol–water partition coefficient (Wildman–Crippen LogP) is 3.27. The molecule has 1 heterocycles. The van der Waals surface area contributed by atoms with Gasteiger partial charge in [0.1, 0.15) is 11.1 Å². The van der Waals surface area contributed by atoms with Gasteiger partial charge in [-0.05, 0) is 65.0 Å². The third-order valence-corrected chi connectivity index (χ3v) is 6.94. The van der Waals surface area contributed by atoms with Crippen LogP contribution in [0.5, 0.6) is 0 Å². The van der Waals surface area contributed by atoms with Crippen LogP contribution in [-0.4, -0.2) is 36.4 Å². The van der Waals surface area contributed by atoms with Crippen LogP contribution in [0.4, 0.5) is 5.69 Å². The standard InChI is InChI=1S/C21H24N4O4S2/c1-12(2)25-31(28,29)18-8-6-17(7-9-18)24-20(27)15(5)30-21-16(11-22)10-19(14(4)26)13(3)23-21/h6-10,12,15,25H,1-5H3,(H,24,27). The third-order valence-electron chi connectivity index (χ3n) is 4.16. The van der Waals surface area contributed by atoms with Gasteiger partial charge in [0.05, 0.1) is 15.7 Å². The number of pyridine rings is 1. The van der Waals surface area contributed by atoms with Crippen molar-refractivity contribution in [3.63, 3.8) is 0 Å². The highest BCUT2D eigenvalue weighted by Gasteiger charge is 2.20. The molecule has 1 amide bonds. The number of thioether (sulfide) groups is 1. The average Bonchev–Trinajstić information content (AvgIpc) is 2.67. The summed E-state index contributed by atoms with van der Waals surface area (Å²) in [6.07, 6.45) is 0. The molecule has 2 aromatic rings. The Labute approximate surface area is 186 Å². The Hall–Kier alpha value is -2.74. The van der Waals surface area contributed by atoms with Gasteiger partial charge in [-0.15, -0.1) is 0 Å². The van der Waals surface area contributed by atoms with Crippen LogP contribution in [0, 0.1) is 18.3 Å². The topological polar surface area (TPSA) is 129 Å². The first-order valence-corrected chi connectivity index (χ1v) is 11.8. The van der Waals surface area contributed by atoms with E-state index in [0.29, 0.717) is 22.0 Å². The van der Waals surface area contributed by atoms with Crippen LogP contribution in [0.2, 0.25) is 0 Å². The van der Waals surface area contributed by atoms with Crippen molar-refractivity contribution in [3.8, 4) is 6.07 Å². The molecule has 1 aromatic heterocycles. The number of benzene rings is 1. The normalized spacial score (nSPS) is 12.3. The number of ketones is 1. The minimum Gasteiger partial charge on any atom is -0.325 e. The van der Waals surface area contributed by atoms with Crippen LogP contribution in [-0.2, 0) is 14.8 Å². The van der Waals surface area contributed by atoms with E-state index in [1.807, 2.05) is 6.07 Å². The van der Waals surface area contributed by atoms with Crippen LogP contribution in [0.3, 0.4) is 0 Å². The fourth-order valence-electron chi connectivity index (χ4n) is 2.67. The van der Waals surface area contributed by atoms with Gasteiger partial charge in [-0.25, -0.2) is 18.1 Å². The Morgan fingerprint density at radius 1 is 1.16 bits per heavy atom. The number of rotatable bonds is 8. The highest BCUT2D eigenvalue weighted by molar-refractivity contribution is 8.00. The van der Waals surface area contributed by atoms with E-state index in [0.717, 1.165) is 11.8 Å². The van der Waals surface area contributed by atoms with Gasteiger partial charge in [0, 0.05) is 23.0 Å². The highest BCUT2D eigenvalue weighted by Crippen LogP contribution is 2.27. The first kappa shape index (κ1) is 24.5. The lowest BCUT2D eigenvalue weighted by atomic mass is 10.1. The maximum atomic E-state index is 12.6. The van der Waals surface area contributed by atoms with E-state index in [4.69, 9.17) is 0 Å². The fourth-order valence-corrected chi connectivity index (χ4v) is 4.84. The molecule has 0 aliphatic heterocycles. The lowest BCUT2D eigenvalue weighted by molar-refractivity contribution is -0.115. The van der Waals surface area contributed by atoms with Crippen LogP contribution in [0.25, 0.3) is 0 Å². The van der Waals surface area contributed by atoms with Crippen LogP contribution in [0.15, 0.2) is 40.3 Å². The summed E-state index contributed by atoms with van der Waals surface area (Å²) in [6, 6.07) is 9.12.